The smallest absolute Gasteiger partial charge is 0.243 e. The monoisotopic (exact) mass is 305 g/mol. The second-order valence-corrected chi connectivity index (χ2v) is 7.39. The van der Waals surface area contributed by atoms with Gasteiger partial charge >= 0.3 is 0 Å². The van der Waals surface area contributed by atoms with Gasteiger partial charge in [0.25, 0.3) is 0 Å². The summed E-state index contributed by atoms with van der Waals surface area (Å²) in [4.78, 5) is 4.41. The van der Waals surface area contributed by atoms with E-state index in [-0.39, 0.29) is 6.04 Å². The minimum atomic E-state index is -3.44. The van der Waals surface area contributed by atoms with Crippen molar-refractivity contribution in [1.29, 1.82) is 0 Å². The van der Waals surface area contributed by atoms with Crippen molar-refractivity contribution < 1.29 is 8.42 Å². The van der Waals surface area contributed by atoms with Crippen LogP contribution in [0.1, 0.15) is 13.3 Å². The summed E-state index contributed by atoms with van der Waals surface area (Å²) >= 11 is 0. The summed E-state index contributed by atoms with van der Waals surface area (Å²) < 4.78 is 27.2. The van der Waals surface area contributed by atoms with Crippen LogP contribution < -0.4 is 5.32 Å². The van der Waals surface area contributed by atoms with Crippen molar-refractivity contribution in [2.75, 3.05) is 19.6 Å². The van der Waals surface area contributed by atoms with Crippen LogP contribution in [0.25, 0.3) is 10.8 Å². The Morgan fingerprint density at radius 1 is 1.29 bits per heavy atom. The van der Waals surface area contributed by atoms with Gasteiger partial charge in [-0.2, -0.15) is 4.31 Å². The third-order valence-corrected chi connectivity index (χ3v) is 5.67. The molecule has 1 fully saturated rings. The predicted octanol–water partition coefficient (Wildman–Crippen LogP) is 1.61. The summed E-state index contributed by atoms with van der Waals surface area (Å²) in [6, 6.07) is 7.22. The number of nitrogens with one attached hydrogen (secondary N) is 1. The van der Waals surface area contributed by atoms with E-state index in [2.05, 4.69) is 10.3 Å². The second-order valence-electron chi connectivity index (χ2n) is 5.46. The Kier molecular flexibility index (Phi) is 3.93. The van der Waals surface area contributed by atoms with Gasteiger partial charge in [0.15, 0.2) is 0 Å². The molecule has 112 valence electrons. The molecule has 1 aromatic carbocycles. The SMILES string of the molecule is CC1CN(S(=O)(=O)c2ccc3cnccc3c2)CCCN1. The van der Waals surface area contributed by atoms with Gasteiger partial charge in [0, 0.05) is 36.9 Å². The lowest BCUT2D eigenvalue weighted by Gasteiger charge is -2.22. The van der Waals surface area contributed by atoms with Gasteiger partial charge in [0.2, 0.25) is 10.0 Å². The van der Waals surface area contributed by atoms with Crippen molar-refractivity contribution in [3.8, 4) is 0 Å². The van der Waals surface area contributed by atoms with E-state index < -0.39 is 10.0 Å². The van der Waals surface area contributed by atoms with Crippen LogP contribution in [0.15, 0.2) is 41.6 Å². The van der Waals surface area contributed by atoms with E-state index in [0.29, 0.717) is 18.0 Å². The summed E-state index contributed by atoms with van der Waals surface area (Å²) in [6.07, 6.45) is 4.25. The zero-order valence-electron chi connectivity index (χ0n) is 12.0. The molecule has 1 aliphatic rings. The summed E-state index contributed by atoms with van der Waals surface area (Å²) in [6.45, 7) is 3.95. The average Bonchev–Trinajstić information content (AvgIpc) is 2.72. The zero-order valence-corrected chi connectivity index (χ0v) is 12.8. The summed E-state index contributed by atoms with van der Waals surface area (Å²) in [5, 5.41) is 5.16. The lowest BCUT2D eigenvalue weighted by Crippen LogP contribution is -2.38. The van der Waals surface area contributed by atoms with Gasteiger partial charge in [-0.3, -0.25) is 4.98 Å². The van der Waals surface area contributed by atoms with Gasteiger partial charge in [-0.25, -0.2) is 8.42 Å². The first-order valence-corrected chi connectivity index (χ1v) is 8.59. The minimum Gasteiger partial charge on any atom is -0.313 e. The van der Waals surface area contributed by atoms with Crippen molar-refractivity contribution in [3.05, 3.63) is 36.7 Å². The first-order chi connectivity index (χ1) is 10.1. The Morgan fingerprint density at radius 2 is 2.14 bits per heavy atom. The van der Waals surface area contributed by atoms with Crippen LogP contribution in [0.5, 0.6) is 0 Å². The number of hydrogen-bond donors (Lipinski definition) is 1. The van der Waals surface area contributed by atoms with Gasteiger partial charge in [-0.05, 0) is 43.5 Å². The van der Waals surface area contributed by atoms with E-state index in [4.69, 9.17) is 0 Å². The molecule has 0 aliphatic carbocycles. The van der Waals surface area contributed by atoms with Crippen molar-refractivity contribution in [2.45, 2.75) is 24.3 Å². The zero-order chi connectivity index (χ0) is 14.9. The molecular weight excluding hydrogens is 286 g/mol. The van der Waals surface area contributed by atoms with Gasteiger partial charge in [0.05, 0.1) is 4.90 Å². The molecule has 2 aromatic rings. The molecule has 21 heavy (non-hydrogen) atoms. The standard InChI is InChI=1S/C15H19N3O2S/c1-12-11-18(8-2-6-17-12)21(19,20)15-4-3-14-10-16-7-5-13(14)9-15/h3-5,7,9-10,12,17H,2,6,8,11H2,1H3. The van der Waals surface area contributed by atoms with Crippen molar-refractivity contribution in [3.63, 3.8) is 0 Å². The molecule has 0 saturated carbocycles. The highest BCUT2D eigenvalue weighted by molar-refractivity contribution is 7.89. The maximum Gasteiger partial charge on any atom is 0.243 e. The molecule has 0 bridgehead atoms. The van der Waals surface area contributed by atoms with Crippen molar-refractivity contribution >= 4 is 20.8 Å². The van der Waals surface area contributed by atoms with E-state index >= 15 is 0 Å². The molecule has 1 N–H and O–H groups in total. The number of aromatic nitrogens is 1. The molecule has 5 nitrogen and oxygen atoms in total. The lowest BCUT2D eigenvalue weighted by atomic mass is 10.2. The summed E-state index contributed by atoms with van der Waals surface area (Å²) in [7, 11) is -3.44. The minimum absolute atomic E-state index is 0.173. The Bertz CT molecular complexity index is 745. The number of nitrogens with zero attached hydrogens (tertiary/aromatic N) is 2. The number of pyridine rings is 1. The van der Waals surface area contributed by atoms with Crippen LogP contribution in [-0.4, -0.2) is 43.4 Å². The van der Waals surface area contributed by atoms with E-state index in [0.717, 1.165) is 23.7 Å². The number of fused-ring (bicyclic) bond motifs is 1. The number of benzene rings is 1. The largest absolute Gasteiger partial charge is 0.313 e. The van der Waals surface area contributed by atoms with Crippen molar-refractivity contribution in [1.82, 2.24) is 14.6 Å². The van der Waals surface area contributed by atoms with E-state index in [1.54, 1.807) is 28.8 Å². The Hall–Kier alpha value is -1.50. The predicted molar refractivity (Wildman–Crippen MR) is 82.6 cm³/mol. The third kappa shape index (κ3) is 2.92. The maximum atomic E-state index is 12.8. The summed E-state index contributed by atoms with van der Waals surface area (Å²) in [5.41, 5.74) is 0. The van der Waals surface area contributed by atoms with Gasteiger partial charge < -0.3 is 5.32 Å². The molecule has 0 amide bonds. The molecule has 0 radical (unpaired) electrons. The second kappa shape index (κ2) is 5.71. The van der Waals surface area contributed by atoms with Crippen LogP contribution in [0.4, 0.5) is 0 Å². The molecule has 1 unspecified atom stereocenters. The first kappa shape index (κ1) is 14.4. The van der Waals surface area contributed by atoms with Gasteiger partial charge in [-0.1, -0.05) is 6.07 Å². The molecule has 1 saturated heterocycles. The lowest BCUT2D eigenvalue weighted by molar-refractivity contribution is 0.403. The quantitative estimate of drug-likeness (QED) is 0.915. The highest BCUT2D eigenvalue weighted by Gasteiger charge is 2.27. The number of sulfonamides is 1. The molecule has 3 rings (SSSR count). The molecule has 2 heterocycles. The van der Waals surface area contributed by atoms with Crippen LogP contribution in [0.2, 0.25) is 0 Å². The van der Waals surface area contributed by atoms with E-state index in [1.165, 1.54) is 0 Å². The third-order valence-electron chi connectivity index (χ3n) is 3.80. The molecule has 0 spiro atoms. The summed E-state index contributed by atoms with van der Waals surface area (Å²) in [5.74, 6) is 0. The molecule has 6 heteroatoms. The van der Waals surface area contributed by atoms with Gasteiger partial charge in [-0.15, -0.1) is 0 Å². The fourth-order valence-electron chi connectivity index (χ4n) is 2.65. The molecule has 1 aliphatic heterocycles. The average molecular weight is 305 g/mol. The fourth-order valence-corrected chi connectivity index (χ4v) is 4.26. The maximum absolute atomic E-state index is 12.8. The van der Waals surface area contributed by atoms with Crippen LogP contribution >= 0.6 is 0 Å². The Balaban J connectivity index is 1.98. The van der Waals surface area contributed by atoms with Crippen LogP contribution in [-0.2, 0) is 10.0 Å². The normalized spacial score (nSPS) is 21.3. The van der Waals surface area contributed by atoms with Gasteiger partial charge in [0.1, 0.15) is 0 Å². The first-order valence-electron chi connectivity index (χ1n) is 7.15. The molecule has 1 atom stereocenters. The fraction of sp³-hybridized carbons (Fsp3) is 0.400. The molecular formula is C15H19N3O2S. The number of rotatable bonds is 2. The van der Waals surface area contributed by atoms with E-state index in [9.17, 15) is 8.42 Å². The highest BCUT2D eigenvalue weighted by Crippen LogP contribution is 2.22. The Labute approximate surface area is 125 Å². The topological polar surface area (TPSA) is 62.3 Å². The Morgan fingerprint density at radius 3 is 3.00 bits per heavy atom. The van der Waals surface area contributed by atoms with Crippen LogP contribution in [0, 0.1) is 0 Å². The van der Waals surface area contributed by atoms with Crippen LogP contribution in [0.3, 0.4) is 0 Å². The molecule has 1 aromatic heterocycles. The number of hydrogen-bond acceptors (Lipinski definition) is 4. The highest BCUT2D eigenvalue weighted by atomic mass is 32.2. The van der Waals surface area contributed by atoms with E-state index in [1.807, 2.05) is 19.1 Å². The van der Waals surface area contributed by atoms with Crippen molar-refractivity contribution in [2.24, 2.45) is 0 Å².